The Balaban J connectivity index is 0.00000210. The van der Waals surface area contributed by atoms with Crippen molar-refractivity contribution in [1.29, 1.82) is 0 Å². The second kappa shape index (κ2) is 8.57. The number of aryl methyl sites for hydroxylation is 1. The van der Waals surface area contributed by atoms with Gasteiger partial charge in [0.05, 0.1) is 6.08 Å². The molecule has 3 nitrogen and oxygen atoms in total. The average molecular weight is 470 g/mol. The summed E-state index contributed by atoms with van der Waals surface area (Å²) in [5.41, 5.74) is 4.27. The Hall–Kier alpha value is -2.34. The minimum Gasteiger partial charge on any atom is -1.00 e. The zero-order valence-corrected chi connectivity index (χ0v) is 17.7. The van der Waals surface area contributed by atoms with Crippen LogP contribution in [0.3, 0.4) is 0 Å². The molecule has 4 heteroatoms. The molecule has 138 valence electrons. The van der Waals surface area contributed by atoms with Crippen molar-refractivity contribution in [2.24, 2.45) is 0 Å². The van der Waals surface area contributed by atoms with Crippen molar-refractivity contribution in [1.82, 2.24) is 0 Å². The van der Waals surface area contributed by atoms with E-state index in [1.54, 1.807) is 0 Å². The summed E-state index contributed by atoms with van der Waals surface area (Å²) in [5.74, 6) is 0.873. The molecule has 3 aromatic carbocycles. The fourth-order valence-electron chi connectivity index (χ4n) is 3.30. The monoisotopic (exact) mass is 470 g/mol. The van der Waals surface area contributed by atoms with Gasteiger partial charge >= 0.3 is 5.89 Å². The molecule has 0 atom stereocenters. The van der Waals surface area contributed by atoms with E-state index < -0.39 is 0 Å². The molecule has 0 aliphatic carbocycles. The summed E-state index contributed by atoms with van der Waals surface area (Å²) in [6.45, 7) is 5.16. The quantitative estimate of drug-likeness (QED) is 0.359. The van der Waals surface area contributed by atoms with Crippen molar-refractivity contribution in [2.45, 2.75) is 26.8 Å². The largest absolute Gasteiger partial charge is 1.00 e. The number of nitrogens with one attached hydrogen (secondary N) is 1. The van der Waals surface area contributed by atoms with Gasteiger partial charge in [-0.3, -0.25) is 0 Å². The Bertz CT molecular complexity index is 1080. The van der Waals surface area contributed by atoms with Gasteiger partial charge in [0.25, 0.3) is 5.52 Å². The second-order valence-electron chi connectivity index (χ2n) is 6.37. The highest BCUT2D eigenvalue weighted by Gasteiger charge is 2.20. The Morgan fingerprint density at radius 1 is 0.963 bits per heavy atom. The lowest BCUT2D eigenvalue weighted by Gasteiger charge is -2.07. The first-order valence-corrected chi connectivity index (χ1v) is 9.16. The van der Waals surface area contributed by atoms with Crippen LogP contribution in [0.25, 0.3) is 27.9 Å². The fraction of sp³-hybridized carbons (Fsp3) is 0.174. The van der Waals surface area contributed by atoms with Crippen LogP contribution in [-0.4, -0.2) is 0 Å². The predicted octanol–water partition coefficient (Wildman–Crippen LogP) is 2.76. The van der Waals surface area contributed by atoms with Gasteiger partial charge in [-0.2, -0.15) is 4.57 Å². The third-order valence-corrected chi connectivity index (χ3v) is 4.67. The van der Waals surface area contributed by atoms with Crippen LogP contribution in [0.5, 0.6) is 0 Å². The lowest BCUT2D eigenvalue weighted by Crippen LogP contribution is -3.00. The third kappa shape index (κ3) is 4.00. The normalized spacial score (nSPS) is 11.6. The summed E-state index contributed by atoms with van der Waals surface area (Å²) in [6.07, 6.45) is 3.01. The maximum Gasteiger partial charge on any atom is 0.375 e. The lowest BCUT2D eigenvalue weighted by molar-refractivity contribution is -0.674. The topological polar surface area (TPSA) is 29.0 Å². The molecule has 0 saturated heterocycles. The molecule has 0 aliphatic heterocycles. The van der Waals surface area contributed by atoms with Gasteiger partial charge in [-0.1, -0.05) is 49.4 Å². The first-order valence-electron chi connectivity index (χ1n) is 9.16. The van der Waals surface area contributed by atoms with Crippen LogP contribution in [-0.2, 0) is 6.54 Å². The maximum atomic E-state index is 6.21. The van der Waals surface area contributed by atoms with E-state index in [4.69, 9.17) is 4.42 Å². The molecule has 0 bridgehead atoms. The molecule has 1 heterocycles. The molecule has 0 aliphatic rings. The van der Waals surface area contributed by atoms with E-state index in [-0.39, 0.29) is 24.0 Å². The highest BCUT2D eigenvalue weighted by atomic mass is 127. The van der Waals surface area contributed by atoms with Crippen molar-refractivity contribution >= 4 is 33.6 Å². The molecule has 0 saturated carbocycles. The van der Waals surface area contributed by atoms with Gasteiger partial charge in [0.15, 0.2) is 0 Å². The second-order valence-corrected chi connectivity index (χ2v) is 6.37. The van der Waals surface area contributed by atoms with Crippen LogP contribution >= 0.6 is 0 Å². The minimum atomic E-state index is 0. The average Bonchev–Trinajstić information content (AvgIpc) is 3.02. The number of aromatic nitrogens is 1. The number of rotatable bonds is 5. The van der Waals surface area contributed by atoms with E-state index in [2.05, 4.69) is 78.3 Å². The number of nitrogens with zero attached hydrogens (tertiary/aromatic N) is 1. The number of hydrogen-bond acceptors (Lipinski definition) is 2. The van der Waals surface area contributed by atoms with E-state index in [0.29, 0.717) is 0 Å². The van der Waals surface area contributed by atoms with E-state index in [1.807, 2.05) is 18.2 Å². The molecule has 0 fully saturated rings. The Morgan fingerprint density at radius 2 is 1.63 bits per heavy atom. The smallest absolute Gasteiger partial charge is 0.375 e. The highest BCUT2D eigenvalue weighted by molar-refractivity contribution is 5.93. The zero-order valence-electron chi connectivity index (χ0n) is 15.6. The summed E-state index contributed by atoms with van der Waals surface area (Å²) >= 11 is 0. The van der Waals surface area contributed by atoms with Crippen molar-refractivity contribution in [2.75, 3.05) is 5.32 Å². The Kier molecular flexibility index (Phi) is 6.16. The van der Waals surface area contributed by atoms with Crippen molar-refractivity contribution in [3.05, 3.63) is 78.3 Å². The fourth-order valence-corrected chi connectivity index (χ4v) is 3.30. The van der Waals surface area contributed by atoms with Crippen LogP contribution in [0.2, 0.25) is 0 Å². The molecule has 4 aromatic rings. The molecule has 0 amide bonds. The summed E-state index contributed by atoms with van der Waals surface area (Å²) < 4.78 is 8.44. The Labute approximate surface area is 176 Å². The molecule has 27 heavy (non-hydrogen) atoms. The number of anilines is 1. The van der Waals surface area contributed by atoms with Crippen molar-refractivity contribution < 1.29 is 33.0 Å². The van der Waals surface area contributed by atoms with Crippen molar-refractivity contribution in [3.63, 3.8) is 0 Å². The van der Waals surface area contributed by atoms with Crippen LogP contribution < -0.4 is 33.9 Å². The summed E-state index contributed by atoms with van der Waals surface area (Å²) in [7, 11) is 0. The van der Waals surface area contributed by atoms with Gasteiger partial charge in [0.1, 0.15) is 6.54 Å². The van der Waals surface area contributed by atoms with Gasteiger partial charge in [-0.15, -0.1) is 0 Å². The minimum absolute atomic E-state index is 0. The molecule has 4 rings (SSSR count). The number of para-hydroxylation sites is 1. The summed E-state index contributed by atoms with van der Waals surface area (Å²) in [6, 6.07) is 23.0. The number of hydrogen-bond donors (Lipinski definition) is 1. The highest BCUT2D eigenvalue weighted by Crippen LogP contribution is 2.24. The zero-order chi connectivity index (χ0) is 17.9. The van der Waals surface area contributed by atoms with Gasteiger partial charge < -0.3 is 33.7 Å². The van der Waals surface area contributed by atoms with Crippen molar-refractivity contribution in [3.8, 4) is 0 Å². The van der Waals surface area contributed by atoms with Crippen LogP contribution in [0.15, 0.2) is 76.8 Å². The van der Waals surface area contributed by atoms with Crippen LogP contribution in [0.1, 0.15) is 26.2 Å². The SMILES string of the molecule is CC/C(=C\c1oc2cc3ccccc3cc2[n+]1CC)Nc1ccccc1.[I-]. The van der Waals surface area contributed by atoms with E-state index in [1.165, 1.54) is 10.8 Å². The maximum absolute atomic E-state index is 6.21. The van der Waals surface area contributed by atoms with Gasteiger partial charge in [0.2, 0.25) is 5.58 Å². The molecule has 0 radical (unpaired) electrons. The van der Waals surface area contributed by atoms with Gasteiger partial charge in [-0.05, 0) is 42.3 Å². The molecule has 1 aromatic heterocycles. The molecule has 1 N–H and O–H groups in total. The first-order chi connectivity index (χ1) is 12.8. The van der Waals surface area contributed by atoms with Gasteiger partial charge in [0, 0.05) is 17.5 Å². The van der Waals surface area contributed by atoms with Crippen LogP contribution in [0, 0.1) is 0 Å². The third-order valence-electron chi connectivity index (χ3n) is 4.67. The molecular weight excluding hydrogens is 447 g/mol. The van der Waals surface area contributed by atoms with E-state index in [9.17, 15) is 0 Å². The summed E-state index contributed by atoms with van der Waals surface area (Å²) in [4.78, 5) is 0. The standard InChI is InChI=1S/C23H22N2O.HI/c1-3-19(24-20-12-6-5-7-13-20)16-23-25(4-2)21-14-17-10-8-9-11-18(17)15-22(21)26-23;/h5-16H,3-4H2,1-2H3;1H. The predicted molar refractivity (Wildman–Crippen MR) is 108 cm³/mol. The number of benzene rings is 3. The molecule has 0 unspecified atom stereocenters. The number of fused-ring (bicyclic) bond motifs is 2. The van der Waals surface area contributed by atoms with Crippen LogP contribution in [0.4, 0.5) is 5.69 Å². The van der Waals surface area contributed by atoms with Gasteiger partial charge in [-0.25, -0.2) is 0 Å². The Morgan fingerprint density at radius 3 is 2.30 bits per heavy atom. The number of halogens is 1. The number of oxazole rings is 1. The lowest BCUT2D eigenvalue weighted by atomic mass is 10.1. The molecular formula is C23H23IN2O. The first kappa shape index (κ1) is 19.4. The van der Waals surface area contributed by atoms with E-state index >= 15 is 0 Å². The molecule has 0 spiro atoms. The number of allylic oxidation sites excluding steroid dienone is 1. The summed E-state index contributed by atoms with van der Waals surface area (Å²) in [5, 5.41) is 5.93. The van der Waals surface area contributed by atoms with E-state index in [0.717, 1.165) is 41.3 Å².